The van der Waals surface area contributed by atoms with Gasteiger partial charge in [0.2, 0.25) is 5.95 Å². The minimum atomic E-state index is -4.43. The van der Waals surface area contributed by atoms with Gasteiger partial charge in [0.25, 0.3) is 5.91 Å². The lowest BCUT2D eigenvalue weighted by Crippen LogP contribution is -2.46. The van der Waals surface area contributed by atoms with E-state index in [9.17, 15) is 18.0 Å². The zero-order chi connectivity index (χ0) is 28.1. The summed E-state index contributed by atoms with van der Waals surface area (Å²) in [6.07, 6.45) is -1.35. The molecule has 0 spiro atoms. The quantitative estimate of drug-likeness (QED) is 0.341. The summed E-state index contributed by atoms with van der Waals surface area (Å²) in [6, 6.07) is 21.2. The fraction of sp³-hybridized carbons (Fsp3) is 0.200. The van der Waals surface area contributed by atoms with Gasteiger partial charge in [0.1, 0.15) is 0 Å². The highest BCUT2D eigenvalue weighted by Gasteiger charge is 2.30. The molecule has 1 aliphatic rings. The van der Waals surface area contributed by atoms with Crippen LogP contribution in [0.1, 0.15) is 27.0 Å². The summed E-state index contributed by atoms with van der Waals surface area (Å²) in [6.45, 7) is 3.89. The number of benzene rings is 3. The van der Waals surface area contributed by atoms with E-state index >= 15 is 0 Å². The summed E-state index contributed by atoms with van der Waals surface area (Å²) in [5.41, 5.74) is 2.76. The van der Waals surface area contributed by atoms with Gasteiger partial charge in [0.15, 0.2) is 0 Å². The van der Waals surface area contributed by atoms with Crippen molar-refractivity contribution in [3.8, 4) is 17.2 Å². The lowest BCUT2D eigenvalue weighted by atomic mass is 9.98. The second-order valence-electron chi connectivity index (χ2n) is 9.42. The van der Waals surface area contributed by atoms with E-state index in [1.807, 2.05) is 18.2 Å². The molecule has 3 aromatic carbocycles. The molecule has 1 amide bonds. The number of halogens is 3. The summed E-state index contributed by atoms with van der Waals surface area (Å²) < 4.78 is 38.9. The smallest absolute Gasteiger partial charge is 0.338 e. The SMILES string of the molecule is N#Cc1cccc(CN2CCN(c3ncc(NC(=O)c4ccccc4-c4ccc(C(F)(F)F)cc4)cn3)CC2)c1. The van der Waals surface area contributed by atoms with E-state index in [-0.39, 0.29) is 0 Å². The topological polar surface area (TPSA) is 85.2 Å². The number of carbonyl (C=O) groups excluding carboxylic acids is 1. The largest absolute Gasteiger partial charge is 0.416 e. The Morgan fingerprint density at radius 2 is 1.62 bits per heavy atom. The molecule has 5 rings (SSSR count). The average molecular weight is 543 g/mol. The van der Waals surface area contributed by atoms with Crippen LogP contribution in [0.2, 0.25) is 0 Å². The van der Waals surface area contributed by atoms with Gasteiger partial charge in [-0.2, -0.15) is 18.4 Å². The van der Waals surface area contributed by atoms with Gasteiger partial charge in [-0.3, -0.25) is 9.69 Å². The van der Waals surface area contributed by atoms with Crippen molar-refractivity contribution in [1.82, 2.24) is 14.9 Å². The summed E-state index contributed by atoms with van der Waals surface area (Å²) in [5.74, 6) is 0.148. The number of hydrogen-bond donors (Lipinski definition) is 1. The molecule has 1 fully saturated rings. The summed E-state index contributed by atoms with van der Waals surface area (Å²) in [4.78, 5) is 26.3. The Hall–Kier alpha value is -4.75. The molecule has 2 heterocycles. The Labute approximate surface area is 229 Å². The summed E-state index contributed by atoms with van der Waals surface area (Å²) >= 11 is 0. The van der Waals surface area contributed by atoms with Crippen LogP contribution in [0.4, 0.5) is 24.8 Å². The van der Waals surface area contributed by atoms with Crippen molar-refractivity contribution in [1.29, 1.82) is 5.26 Å². The van der Waals surface area contributed by atoms with Crippen LogP contribution in [0.15, 0.2) is 85.2 Å². The van der Waals surface area contributed by atoms with Crippen molar-refractivity contribution in [3.05, 3.63) is 107 Å². The fourth-order valence-corrected chi connectivity index (χ4v) is 4.62. The number of aromatic nitrogens is 2. The van der Waals surface area contributed by atoms with Crippen LogP contribution in [0.3, 0.4) is 0 Å². The molecule has 1 aromatic heterocycles. The number of alkyl halides is 3. The Morgan fingerprint density at radius 3 is 2.30 bits per heavy atom. The Morgan fingerprint density at radius 1 is 0.925 bits per heavy atom. The maximum absolute atomic E-state index is 13.1. The van der Waals surface area contributed by atoms with E-state index in [1.54, 1.807) is 42.7 Å². The second kappa shape index (κ2) is 11.6. The highest BCUT2D eigenvalue weighted by atomic mass is 19.4. The van der Waals surface area contributed by atoms with E-state index in [2.05, 4.69) is 31.2 Å². The van der Waals surface area contributed by atoms with Gasteiger partial charge in [-0.25, -0.2) is 9.97 Å². The molecular formula is C30H25F3N6O. The van der Waals surface area contributed by atoms with Crippen LogP contribution in [-0.4, -0.2) is 47.0 Å². The summed E-state index contributed by atoms with van der Waals surface area (Å²) in [5, 5.41) is 11.9. The first-order valence-corrected chi connectivity index (χ1v) is 12.7. The number of nitriles is 1. The normalized spacial score (nSPS) is 14.0. The maximum atomic E-state index is 13.1. The van der Waals surface area contributed by atoms with E-state index < -0.39 is 17.6 Å². The molecule has 202 valence electrons. The van der Waals surface area contributed by atoms with Gasteiger partial charge in [-0.1, -0.05) is 42.5 Å². The Balaban J connectivity index is 1.20. The molecule has 0 bridgehead atoms. The highest BCUT2D eigenvalue weighted by Crippen LogP contribution is 2.32. The van der Waals surface area contributed by atoms with Gasteiger partial charge in [0.05, 0.1) is 35.3 Å². The van der Waals surface area contributed by atoms with Crippen molar-refractivity contribution < 1.29 is 18.0 Å². The molecule has 1 saturated heterocycles. The number of piperazine rings is 1. The number of anilines is 2. The van der Waals surface area contributed by atoms with E-state index in [0.29, 0.717) is 33.9 Å². The average Bonchev–Trinajstić information content (AvgIpc) is 2.98. The number of carbonyl (C=O) groups is 1. The predicted octanol–water partition coefficient (Wildman–Crippen LogP) is 5.61. The van der Waals surface area contributed by atoms with Crippen LogP contribution in [0, 0.1) is 11.3 Å². The molecule has 7 nitrogen and oxygen atoms in total. The van der Waals surface area contributed by atoms with Crippen molar-refractivity contribution >= 4 is 17.5 Å². The van der Waals surface area contributed by atoms with Crippen LogP contribution >= 0.6 is 0 Å². The van der Waals surface area contributed by atoms with E-state index in [0.717, 1.165) is 50.4 Å². The molecule has 1 aliphatic heterocycles. The van der Waals surface area contributed by atoms with Crippen molar-refractivity contribution in [2.24, 2.45) is 0 Å². The third-order valence-corrected chi connectivity index (χ3v) is 6.71. The molecule has 0 atom stereocenters. The molecule has 0 unspecified atom stereocenters. The lowest BCUT2D eigenvalue weighted by molar-refractivity contribution is -0.137. The van der Waals surface area contributed by atoms with Crippen LogP contribution in [0.25, 0.3) is 11.1 Å². The molecule has 0 radical (unpaired) electrons. The fourth-order valence-electron chi connectivity index (χ4n) is 4.62. The van der Waals surface area contributed by atoms with Gasteiger partial charge >= 0.3 is 6.18 Å². The highest BCUT2D eigenvalue weighted by molar-refractivity contribution is 6.08. The maximum Gasteiger partial charge on any atom is 0.416 e. The van der Waals surface area contributed by atoms with Gasteiger partial charge in [-0.15, -0.1) is 0 Å². The molecule has 0 aliphatic carbocycles. The van der Waals surface area contributed by atoms with Gasteiger partial charge in [-0.05, 0) is 47.0 Å². The van der Waals surface area contributed by atoms with Crippen molar-refractivity contribution in [2.75, 3.05) is 36.4 Å². The third kappa shape index (κ3) is 6.27. The van der Waals surface area contributed by atoms with Gasteiger partial charge in [0, 0.05) is 38.3 Å². The van der Waals surface area contributed by atoms with Gasteiger partial charge < -0.3 is 10.2 Å². The number of amides is 1. The molecule has 4 aromatic rings. The third-order valence-electron chi connectivity index (χ3n) is 6.71. The van der Waals surface area contributed by atoms with Crippen LogP contribution < -0.4 is 10.2 Å². The van der Waals surface area contributed by atoms with E-state index in [1.165, 1.54) is 12.1 Å². The Kier molecular flexibility index (Phi) is 7.75. The summed E-state index contributed by atoms with van der Waals surface area (Å²) in [7, 11) is 0. The molecule has 10 heteroatoms. The zero-order valence-corrected chi connectivity index (χ0v) is 21.4. The first-order chi connectivity index (χ1) is 19.3. The molecule has 40 heavy (non-hydrogen) atoms. The molecule has 0 saturated carbocycles. The van der Waals surface area contributed by atoms with Crippen LogP contribution in [-0.2, 0) is 12.7 Å². The van der Waals surface area contributed by atoms with E-state index in [4.69, 9.17) is 5.26 Å². The van der Waals surface area contributed by atoms with Crippen molar-refractivity contribution in [2.45, 2.75) is 12.7 Å². The molecule has 1 N–H and O–H groups in total. The minimum Gasteiger partial charge on any atom is -0.338 e. The molecular weight excluding hydrogens is 517 g/mol. The second-order valence-corrected chi connectivity index (χ2v) is 9.42. The minimum absolute atomic E-state index is 0.322. The van der Waals surface area contributed by atoms with Crippen molar-refractivity contribution in [3.63, 3.8) is 0 Å². The zero-order valence-electron chi connectivity index (χ0n) is 21.4. The number of rotatable bonds is 6. The number of nitrogens with one attached hydrogen (secondary N) is 1. The Bertz CT molecular complexity index is 1520. The monoisotopic (exact) mass is 542 g/mol. The standard InChI is InChI=1S/C30H25F3N6O/c31-30(32,33)24-10-8-23(9-11-24)26-6-1-2-7-27(26)28(40)37-25-18-35-29(36-19-25)39-14-12-38(13-15-39)20-22-5-3-4-21(16-22)17-34/h1-11,16,18-19H,12-15,20H2,(H,37,40). The lowest BCUT2D eigenvalue weighted by Gasteiger charge is -2.34. The van der Waals surface area contributed by atoms with Crippen LogP contribution in [0.5, 0.6) is 0 Å². The number of nitrogens with zero attached hydrogens (tertiary/aromatic N) is 5. The first kappa shape index (κ1) is 26.8. The predicted molar refractivity (Wildman–Crippen MR) is 146 cm³/mol. The first-order valence-electron chi connectivity index (χ1n) is 12.7. The number of hydrogen-bond acceptors (Lipinski definition) is 6.